The van der Waals surface area contributed by atoms with Gasteiger partial charge < -0.3 is 4.90 Å². The molecule has 20 heavy (non-hydrogen) atoms. The van der Waals surface area contributed by atoms with Crippen molar-refractivity contribution in [2.45, 2.75) is 19.4 Å². The van der Waals surface area contributed by atoms with Crippen LogP contribution >= 0.6 is 0 Å². The van der Waals surface area contributed by atoms with Crippen LogP contribution in [0.25, 0.3) is 0 Å². The topological polar surface area (TPSA) is 20.3 Å². The van der Waals surface area contributed by atoms with Gasteiger partial charge in [-0.05, 0) is 36.1 Å². The zero-order valence-corrected chi connectivity index (χ0v) is 11.2. The van der Waals surface area contributed by atoms with Gasteiger partial charge in [-0.3, -0.25) is 4.79 Å². The molecule has 0 aromatic heterocycles. The molecule has 1 aliphatic rings. The summed E-state index contributed by atoms with van der Waals surface area (Å²) in [4.78, 5) is 13.3. The summed E-state index contributed by atoms with van der Waals surface area (Å²) in [6.07, 6.45) is 2.64. The lowest BCUT2D eigenvalue weighted by Crippen LogP contribution is -2.24. The van der Waals surface area contributed by atoms with Crippen LogP contribution in [0.2, 0.25) is 0 Å². The normalized spacial score (nSPS) is 14.6. The van der Waals surface area contributed by atoms with Gasteiger partial charge in [-0.2, -0.15) is 0 Å². The summed E-state index contributed by atoms with van der Waals surface area (Å²) in [5.41, 5.74) is 3.45. The number of rotatable bonds is 2. The minimum absolute atomic E-state index is 0.159. The zero-order chi connectivity index (χ0) is 13.9. The van der Waals surface area contributed by atoms with Crippen LogP contribution in [0.15, 0.2) is 42.5 Å². The Morgan fingerprint density at radius 2 is 1.85 bits per heavy atom. The minimum Gasteiger partial charge on any atom is -0.367 e. The Balaban J connectivity index is 2.00. The third kappa shape index (κ3) is 2.31. The summed E-state index contributed by atoms with van der Waals surface area (Å²) < 4.78 is 13.7. The summed E-state index contributed by atoms with van der Waals surface area (Å²) in [5, 5.41) is 0. The van der Waals surface area contributed by atoms with Crippen molar-refractivity contribution in [1.82, 2.24) is 0 Å². The molecule has 102 valence electrons. The molecule has 0 bridgehead atoms. The smallest absolute Gasteiger partial charge is 0.155 e. The van der Waals surface area contributed by atoms with E-state index >= 15 is 0 Å². The molecular formula is C17H16FNO. The van der Waals surface area contributed by atoms with Crippen molar-refractivity contribution in [3.05, 3.63) is 65.0 Å². The SMILES string of the molecule is O=Cc1c(F)cccc1N1CCCc2ccccc2C1. The van der Waals surface area contributed by atoms with Crippen molar-refractivity contribution in [3.63, 3.8) is 0 Å². The molecule has 3 rings (SSSR count). The van der Waals surface area contributed by atoms with Crippen molar-refractivity contribution in [3.8, 4) is 0 Å². The Morgan fingerprint density at radius 3 is 2.65 bits per heavy atom. The van der Waals surface area contributed by atoms with E-state index in [2.05, 4.69) is 17.0 Å². The van der Waals surface area contributed by atoms with Crippen LogP contribution in [-0.2, 0) is 13.0 Å². The van der Waals surface area contributed by atoms with Crippen molar-refractivity contribution < 1.29 is 9.18 Å². The van der Waals surface area contributed by atoms with Crippen LogP contribution in [0, 0.1) is 5.82 Å². The quantitative estimate of drug-likeness (QED) is 0.776. The van der Waals surface area contributed by atoms with E-state index in [9.17, 15) is 9.18 Å². The van der Waals surface area contributed by atoms with Gasteiger partial charge in [0, 0.05) is 13.1 Å². The van der Waals surface area contributed by atoms with Crippen molar-refractivity contribution >= 4 is 12.0 Å². The lowest BCUT2D eigenvalue weighted by molar-refractivity contribution is 0.112. The molecular weight excluding hydrogens is 253 g/mol. The second-order valence-electron chi connectivity index (χ2n) is 5.08. The molecule has 2 aromatic carbocycles. The third-order valence-electron chi connectivity index (χ3n) is 3.84. The van der Waals surface area contributed by atoms with Gasteiger partial charge >= 0.3 is 0 Å². The van der Waals surface area contributed by atoms with Gasteiger partial charge in [0.1, 0.15) is 5.82 Å². The summed E-state index contributed by atoms with van der Waals surface area (Å²) in [5.74, 6) is -0.449. The van der Waals surface area contributed by atoms with Crippen molar-refractivity contribution in [2.24, 2.45) is 0 Å². The van der Waals surface area contributed by atoms with Gasteiger partial charge in [0.2, 0.25) is 0 Å². The third-order valence-corrected chi connectivity index (χ3v) is 3.84. The molecule has 0 amide bonds. The molecule has 0 radical (unpaired) electrons. The van der Waals surface area contributed by atoms with E-state index in [0.29, 0.717) is 12.0 Å². The molecule has 1 heterocycles. The van der Waals surface area contributed by atoms with Crippen molar-refractivity contribution in [2.75, 3.05) is 11.4 Å². The highest BCUT2D eigenvalue weighted by Crippen LogP contribution is 2.27. The number of carbonyl (C=O) groups is 1. The van der Waals surface area contributed by atoms with Gasteiger partial charge in [0.05, 0.1) is 11.3 Å². The first-order chi connectivity index (χ1) is 9.79. The van der Waals surface area contributed by atoms with Crippen molar-refractivity contribution in [1.29, 1.82) is 0 Å². The first kappa shape index (κ1) is 12.9. The zero-order valence-electron chi connectivity index (χ0n) is 11.2. The van der Waals surface area contributed by atoms with E-state index in [1.54, 1.807) is 6.07 Å². The molecule has 2 nitrogen and oxygen atoms in total. The Bertz CT molecular complexity index is 639. The fraction of sp³-hybridized carbons (Fsp3) is 0.235. The number of nitrogens with zero attached hydrogens (tertiary/aromatic N) is 1. The number of aldehydes is 1. The van der Waals surface area contributed by atoms with Crippen LogP contribution in [0.4, 0.5) is 10.1 Å². The highest BCUT2D eigenvalue weighted by Gasteiger charge is 2.18. The Morgan fingerprint density at radius 1 is 1.05 bits per heavy atom. The van der Waals surface area contributed by atoms with Gasteiger partial charge in [-0.1, -0.05) is 30.3 Å². The highest BCUT2D eigenvalue weighted by atomic mass is 19.1. The molecule has 0 N–H and O–H groups in total. The summed E-state index contributed by atoms with van der Waals surface area (Å²) in [6, 6.07) is 13.1. The van der Waals surface area contributed by atoms with E-state index in [-0.39, 0.29) is 5.56 Å². The second kappa shape index (κ2) is 5.45. The summed E-state index contributed by atoms with van der Waals surface area (Å²) in [6.45, 7) is 1.56. The largest absolute Gasteiger partial charge is 0.367 e. The molecule has 0 saturated carbocycles. The Kier molecular flexibility index (Phi) is 3.50. The average molecular weight is 269 g/mol. The maximum Gasteiger partial charge on any atom is 0.155 e. The molecule has 0 spiro atoms. The number of benzene rings is 2. The predicted octanol–water partition coefficient (Wildman–Crippen LogP) is 3.59. The second-order valence-corrected chi connectivity index (χ2v) is 5.08. The van der Waals surface area contributed by atoms with Crippen LogP contribution < -0.4 is 4.90 Å². The van der Waals surface area contributed by atoms with E-state index < -0.39 is 5.82 Å². The molecule has 3 heteroatoms. The molecule has 0 atom stereocenters. The monoisotopic (exact) mass is 269 g/mol. The number of fused-ring (bicyclic) bond motifs is 1. The average Bonchev–Trinajstić information content (AvgIpc) is 2.69. The molecule has 2 aromatic rings. The number of anilines is 1. The summed E-state index contributed by atoms with van der Waals surface area (Å²) >= 11 is 0. The van der Waals surface area contributed by atoms with E-state index in [4.69, 9.17) is 0 Å². The lowest BCUT2D eigenvalue weighted by atomic mass is 10.0. The highest BCUT2D eigenvalue weighted by molar-refractivity contribution is 5.85. The molecule has 0 aliphatic carbocycles. The molecule has 0 fully saturated rings. The van der Waals surface area contributed by atoms with Crippen LogP contribution in [-0.4, -0.2) is 12.8 Å². The molecule has 1 aliphatic heterocycles. The molecule has 0 unspecified atom stereocenters. The van der Waals surface area contributed by atoms with Gasteiger partial charge in [0.15, 0.2) is 6.29 Å². The number of aryl methyl sites for hydroxylation is 1. The first-order valence-corrected chi connectivity index (χ1v) is 6.85. The summed E-state index contributed by atoms with van der Waals surface area (Å²) in [7, 11) is 0. The number of halogens is 1. The Hall–Kier alpha value is -2.16. The van der Waals surface area contributed by atoms with E-state index in [1.165, 1.54) is 17.2 Å². The van der Waals surface area contributed by atoms with Crippen LogP contribution in [0.3, 0.4) is 0 Å². The Labute approximate surface area is 117 Å². The van der Waals surface area contributed by atoms with Gasteiger partial charge in [0.25, 0.3) is 0 Å². The lowest BCUT2D eigenvalue weighted by Gasteiger charge is -2.24. The molecule has 0 saturated heterocycles. The number of hydrogen-bond donors (Lipinski definition) is 0. The van der Waals surface area contributed by atoms with E-state index in [0.717, 1.165) is 25.9 Å². The maximum atomic E-state index is 13.7. The van der Waals surface area contributed by atoms with Gasteiger partial charge in [-0.15, -0.1) is 0 Å². The first-order valence-electron chi connectivity index (χ1n) is 6.85. The minimum atomic E-state index is -0.449. The van der Waals surface area contributed by atoms with Gasteiger partial charge in [-0.25, -0.2) is 4.39 Å². The fourth-order valence-corrected chi connectivity index (χ4v) is 2.82. The van der Waals surface area contributed by atoms with Crippen LogP contribution in [0.1, 0.15) is 27.9 Å². The van der Waals surface area contributed by atoms with E-state index in [1.807, 2.05) is 18.2 Å². The standard InChI is InChI=1S/C17H16FNO/c18-16-8-3-9-17(15(16)12-20)19-10-4-7-13-5-1-2-6-14(13)11-19/h1-3,5-6,8-9,12H,4,7,10-11H2. The number of hydrogen-bond acceptors (Lipinski definition) is 2. The fourth-order valence-electron chi connectivity index (χ4n) is 2.82. The number of carbonyl (C=O) groups excluding carboxylic acids is 1. The maximum absolute atomic E-state index is 13.7. The predicted molar refractivity (Wildman–Crippen MR) is 77.6 cm³/mol. The van der Waals surface area contributed by atoms with Crippen LogP contribution in [0.5, 0.6) is 0 Å².